The van der Waals surface area contributed by atoms with Gasteiger partial charge in [-0.25, -0.2) is 0 Å². The smallest absolute Gasteiger partial charge is 0.303 e. The van der Waals surface area contributed by atoms with Gasteiger partial charge in [0.05, 0.1) is 0 Å². The summed E-state index contributed by atoms with van der Waals surface area (Å²) >= 11 is 0. The van der Waals surface area contributed by atoms with Gasteiger partial charge in [-0.2, -0.15) is 0 Å². The van der Waals surface area contributed by atoms with Crippen molar-refractivity contribution in [3.8, 4) is 0 Å². The first-order valence-electron chi connectivity index (χ1n) is 9.73. The summed E-state index contributed by atoms with van der Waals surface area (Å²) in [4.78, 5) is 48.6. The van der Waals surface area contributed by atoms with E-state index in [4.69, 9.17) is 23.7 Å². The lowest BCUT2D eigenvalue weighted by molar-refractivity contribution is -0.279. The molecule has 0 radical (unpaired) electrons. The van der Waals surface area contributed by atoms with Gasteiger partial charge in [0, 0.05) is 40.8 Å². The van der Waals surface area contributed by atoms with Crippen molar-refractivity contribution in [2.24, 2.45) is 0 Å². The number of nitrogens with zero attached hydrogens (tertiary/aromatic N) is 1. The number of carbonyl (C=O) groups is 4. The number of hydrogen-bond donors (Lipinski definition) is 0. The zero-order valence-electron chi connectivity index (χ0n) is 17.3. The van der Waals surface area contributed by atoms with E-state index in [1.165, 1.54) is 27.7 Å². The van der Waals surface area contributed by atoms with Crippen molar-refractivity contribution in [3.63, 3.8) is 0 Å². The highest BCUT2D eigenvalue weighted by molar-refractivity contribution is 5.68. The van der Waals surface area contributed by atoms with E-state index in [2.05, 4.69) is 0 Å². The van der Waals surface area contributed by atoms with Crippen LogP contribution in [0.3, 0.4) is 0 Å². The van der Waals surface area contributed by atoms with Crippen LogP contribution in [0.5, 0.6) is 0 Å². The van der Waals surface area contributed by atoms with Gasteiger partial charge in [-0.05, 0) is 12.8 Å². The largest absolute Gasteiger partial charge is 0.463 e. The van der Waals surface area contributed by atoms with E-state index >= 15 is 0 Å². The third-order valence-corrected chi connectivity index (χ3v) is 4.72. The molecule has 2 saturated heterocycles. The molecule has 5 atom stereocenters. The highest BCUT2D eigenvalue weighted by Gasteiger charge is 2.53. The highest BCUT2D eigenvalue weighted by Crippen LogP contribution is 2.32. The topological polar surface area (TPSA) is 118 Å². The van der Waals surface area contributed by atoms with E-state index in [-0.39, 0.29) is 6.61 Å². The lowest BCUT2D eigenvalue weighted by Gasteiger charge is -2.48. The maximum atomic E-state index is 11.8. The van der Waals surface area contributed by atoms with Crippen molar-refractivity contribution in [2.75, 3.05) is 19.7 Å². The molecule has 2 fully saturated rings. The van der Waals surface area contributed by atoms with Crippen molar-refractivity contribution >= 4 is 23.9 Å². The Morgan fingerprint density at radius 3 is 1.79 bits per heavy atom. The molecule has 2 aliphatic rings. The number of carbonyl (C=O) groups excluding carboxylic acids is 4. The predicted molar refractivity (Wildman–Crippen MR) is 97.4 cm³/mol. The van der Waals surface area contributed by atoms with E-state index in [0.29, 0.717) is 13.1 Å². The molecule has 10 nitrogen and oxygen atoms in total. The molecule has 0 aromatic rings. The lowest BCUT2D eigenvalue weighted by Crippen LogP contribution is -2.66. The first-order chi connectivity index (χ1) is 13.7. The van der Waals surface area contributed by atoms with Crippen LogP contribution in [0.2, 0.25) is 0 Å². The lowest BCUT2D eigenvalue weighted by atomic mass is 9.95. The van der Waals surface area contributed by atoms with E-state index in [0.717, 1.165) is 19.3 Å². The van der Waals surface area contributed by atoms with Gasteiger partial charge < -0.3 is 23.7 Å². The maximum absolute atomic E-state index is 11.8. The molecule has 0 aliphatic carbocycles. The first kappa shape index (κ1) is 23.1. The van der Waals surface area contributed by atoms with Crippen molar-refractivity contribution in [2.45, 2.75) is 77.6 Å². The Bertz CT molecular complexity index is 617. The Morgan fingerprint density at radius 2 is 1.28 bits per heavy atom. The van der Waals surface area contributed by atoms with Crippen LogP contribution in [0.1, 0.15) is 47.0 Å². The Kier molecular flexibility index (Phi) is 8.39. The zero-order chi connectivity index (χ0) is 21.6. The quantitative estimate of drug-likeness (QED) is 0.450. The summed E-state index contributed by atoms with van der Waals surface area (Å²) in [6, 6.07) is 0. The van der Waals surface area contributed by atoms with Gasteiger partial charge in [-0.1, -0.05) is 6.42 Å². The van der Waals surface area contributed by atoms with E-state index in [9.17, 15) is 19.2 Å². The Labute approximate surface area is 169 Å². The molecule has 29 heavy (non-hydrogen) atoms. The summed E-state index contributed by atoms with van der Waals surface area (Å²) in [6.45, 7) is 6.10. The maximum Gasteiger partial charge on any atom is 0.303 e. The molecule has 0 unspecified atom stereocenters. The summed E-state index contributed by atoms with van der Waals surface area (Å²) in [5.41, 5.74) is 0. The van der Waals surface area contributed by atoms with Gasteiger partial charge in [-0.15, -0.1) is 0 Å². The number of esters is 4. The molecule has 10 heteroatoms. The molecule has 2 rings (SSSR count). The molecule has 0 saturated carbocycles. The standard InChI is InChI=1S/C19H29NO9/c1-11(21)25-10-15-16(26-12(2)22)17(27-13(3)23)18(28-14(4)24)19(29-15)20-8-6-5-7-9-20/h15-19H,5-10H2,1-4H3/t15-,16-,17+,18-,19-/m1/s1. The molecule has 2 heterocycles. The zero-order valence-corrected chi connectivity index (χ0v) is 17.3. The minimum atomic E-state index is -1.11. The van der Waals surface area contributed by atoms with Crippen molar-refractivity contribution in [1.29, 1.82) is 0 Å². The van der Waals surface area contributed by atoms with Crippen molar-refractivity contribution in [3.05, 3.63) is 0 Å². The van der Waals surface area contributed by atoms with Crippen LogP contribution in [0.15, 0.2) is 0 Å². The Morgan fingerprint density at radius 1 is 0.759 bits per heavy atom. The van der Waals surface area contributed by atoms with Gasteiger partial charge in [0.1, 0.15) is 12.7 Å². The van der Waals surface area contributed by atoms with Crippen LogP contribution in [0, 0.1) is 0 Å². The van der Waals surface area contributed by atoms with Gasteiger partial charge in [0.25, 0.3) is 0 Å². The fraction of sp³-hybridized carbons (Fsp3) is 0.789. The summed E-state index contributed by atoms with van der Waals surface area (Å²) in [6.07, 6.45) is -1.92. The minimum Gasteiger partial charge on any atom is -0.463 e. The molecule has 0 spiro atoms. The molecule has 2 aliphatic heterocycles. The van der Waals surface area contributed by atoms with E-state index in [1.807, 2.05) is 4.90 Å². The summed E-state index contributed by atoms with van der Waals surface area (Å²) in [5.74, 6) is -2.38. The van der Waals surface area contributed by atoms with E-state index < -0.39 is 54.5 Å². The highest BCUT2D eigenvalue weighted by atomic mass is 16.7. The SMILES string of the molecule is CC(=O)OC[C@H]1O[C@@H](N2CCCCC2)[C@H](OC(C)=O)[C@@H](OC(C)=O)[C@@H]1OC(C)=O. The number of ether oxygens (including phenoxy) is 5. The minimum absolute atomic E-state index is 0.206. The number of piperidine rings is 1. The monoisotopic (exact) mass is 415 g/mol. The average molecular weight is 415 g/mol. The number of rotatable bonds is 6. The number of likely N-dealkylation sites (tertiary alicyclic amines) is 1. The number of hydrogen-bond acceptors (Lipinski definition) is 10. The molecule has 0 bridgehead atoms. The van der Waals surface area contributed by atoms with Crippen molar-refractivity contribution < 1.29 is 42.9 Å². The van der Waals surface area contributed by atoms with Crippen LogP contribution >= 0.6 is 0 Å². The summed E-state index contributed by atoms with van der Waals surface area (Å²) < 4.78 is 27.5. The van der Waals surface area contributed by atoms with Gasteiger partial charge >= 0.3 is 23.9 Å². The van der Waals surface area contributed by atoms with Gasteiger partial charge in [0.15, 0.2) is 24.5 Å². The molecular weight excluding hydrogens is 386 g/mol. The molecule has 0 aromatic carbocycles. The second kappa shape index (κ2) is 10.5. The Hall–Kier alpha value is -2.20. The van der Waals surface area contributed by atoms with Gasteiger partial charge in [-0.3, -0.25) is 24.1 Å². The molecule has 0 aromatic heterocycles. The fourth-order valence-electron chi connectivity index (χ4n) is 3.67. The van der Waals surface area contributed by atoms with Gasteiger partial charge in [0.2, 0.25) is 0 Å². The molecular formula is C19H29NO9. The van der Waals surface area contributed by atoms with Crippen LogP contribution in [0.25, 0.3) is 0 Å². The van der Waals surface area contributed by atoms with Crippen LogP contribution in [-0.4, -0.2) is 79.1 Å². The third-order valence-electron chi connectivity index (χ3n) is 4.72. The van der Waals surface area contributed by atoms with Crippen LogP contribution in [0.4, 0.5) is 0 Å². The average Bonchev–Trinajstić information content (AvgIpc) is 2.63. The van der Waals surface area contributed by atoms with Crippen LogP contribution < -0.4 is 0 Å². The second-order valence-corrected chi connectivity index (χ2v) is 7.19. The third kappa shape index (κ3) is 6.67. The van der Waals surface area contributed by atoms with E-state index in [1.54, 1.807) is 0 Å². The van der Waals surface area contributed by atoms with Crippen molar-refractivity contribution in [1.82, 2.24) is 4.90 Å². The predicted octanol–water partition coefficient (Wildman–Crippen LogP) is 0.555. The molecule has 0 amide bonds. The summed E-state index contributed by atoms with van der Waals surface area (Å²) in [5, 5.41) is 0. The second-order valence-electron chi connectivity index (χ2n) is 7.19. The van der Waals surface area contributed by atoms with Crippen LogP contribution in [-0.2, 0) is 42.9 Å². The summed E-state index contributed by atoms with van der Waals surface area (Å²) in [7, 11) is 0. The fourth-order valence-corrected chi connectivity index (χ4v) is 3.67. The molecule has 164 valence electrons. The Balaban J connectivity index is 2.40. The first-order valence-corrected chi connectivity index (χ1v) is 9.73. The molecule has 0 N–H and O–H groups in total. The normalized spacial score (nSPS) is 30.1.